The van der Waals surface area contributed by atoms with E-state index in [1.54, 1.807) is 29.5 Å². The van der Waals surface area contributed by atoms with E-state index >= 15 is 0 Å². The van der Waals surface area contributed by atoms with E-state index in [0.717, 1.165) is 65.1 Å². The zero-order chi connectivity index (χ0) is 21.8. The molecule has 0 atom stereocenters. The van der Waals surface area contributed by atoms with Crippen molar-refractivity contribution in [3.05, 3.63) is 36.7 Å². The molecule has 170 valence electrons. The second-order valence-corrected chi connectivity index (χ2v) is 8.35. The number of rotatable bonds is 7. The summed E-state index contributed by atoms with van der Waals surface area (Å²) in [6.45, 7) is 5.32. The molecule has 2 N–H and O–H groups in total. The van der Waals surface area contributed by atoms with Crippen LogP contribution < -0.4 is 5.32 Å². The summed E-state index contributed by atoms with van der Waals surface area (Å²) in [6.07, 6.45) is 10.8. The number of nitrogens with zero attached hydrogens (tertiary/aromatic N) is 5. The average Bonchev–Trinajstić information content (AvgIpc) is 3.52. The molecule has 10 nitrogen and oxygen atoms in total. The largest absolute Gasteiger partial charge is 0.379 e. The van der Waals surface area contributed by atoms with E-state index in [2.05, 4.69) is 30.2 Å². The van der Waals surface area contributed by atoms with Gasteiger partial charge in [0, 0.05) is 44.3 Å². The number of morpholine rings is 1. The van der Waals surface area contributed by atoms with Crippen molar-refractivity contribution < 1.29 is 14.3 Å². The fourth-order valence-electron chi connectivity index (χ4n) is 4.39. The van der Waals surface area contributed by atoms with E-state index in [1.807, 2.05) is 6.07 Å². The quantitative estimate of drug-likeness (QED) is 0.574. The zero-order valence-corrected chi connectivity index (χ0v) is 18.1. The molecular weight excluding hydrogens is 410 g/mol. The van der Waals surface area contributed by atoms with Gasteiger partial charge in [-0.3, -0.25) is 14.3 Å². The number of carbonyl (C=O) groups excluding carboxylic acids is 1. The number of nitrogens with one attached hydrogen (secondary N) is 2. The lowest BCUT2D eigenvalue weighted by molar-refractivity contribution is -0.0108. The highest BCUT2D eigenvalue weighted by molar-refractivity contribution is 6.03. The molecule has 3 aromatic heterocycles. The molecule has 0 unspecified atom stereocenters. The molecule has 0 bridgehead atoms. The minimum absolute atomic E-state index is 0.123. The summed E-state index contributed by atoms with van der Waals surface area (Å²) < 4.78 is 13.2. The molecule has 2 aliphatic rings. The minimum atomic E-state index is -0.182. The summed E-state index contributed by atoms with van der Waals surface area (Å²) in [7, 11) is 0. The lowest BCUT2D eigenvalue weighted by atomic mass is 9.93. The van der Waals surface area contributed by atoms with Crippen LogP contribution in [0.3, 0.4) is 0 Å². The maximum absolute atomic E-state index is 13.1. The number of ether oxygens (including phenoxy) is 2. The standard InChI is InChI=1S/C22H29N7O3/c30-21(20-19-18(5-6-24-19)26-22(27-20)29-8-7-23-15-29)25-16-1-3-17(4-2-16)32-14-11-28-9-12-31-13-10-28/h5-8,15-17,24H,1-4,9-14H2,(H,25,30)/t16-,17-. The van der Waals surface area contributed by atoms with E-state index in [4.69, 9.17) is 9.47 Å². The van der Waals surface area contributed by atoms with Gasteiger partial charge in [0.1, 0.15) is 6.33 Å². The number of hydrogen-bond acceptors (Lipinski definition) is 7. The fraction of sp³-hybridized carbons (Fsp3) is 0.545. The van der Waals surface area contributed by atoms with Crippen molar-refractivity contribution in [3.63, 3.8) is 0 Å². The SMILES string of the molecule is O=C(N[C@H]1CC[C@H](OCCN2CCOCC2)CC1)c1nc(-n2ccnc2)nc2cc[nH]c12. The molecule has 10 heteroatoms. The van der Waals surface area contributed by atoms with Gasteiger partial charge in [0.2, 0.25) is 5.95 Å². The Hall–Kier alpha value is -2.82. The predicted molar refractivity (Wildman–Crippen MR) is 118 cm³/mol. The van der Waals surface area contributed by atoms with Crippen molar-refractivity contribution in [3.8, 4) is 5.95 Å². The molecule has 2 fully saturated rings. The van der Waals surface area contributed by atoms with Gasteiger partial charge >= 0.3 is 0 Å². The molecule has 1 saturated carbocycles. The van der Waals surface area contributed by atoms with Crippen LogP contribution in [-0.2, 0) is 9.47 Å². The van der Waals surface area contributed by atoms with Gasteiger partial charge in [-0.05, 0) is 31.7 Å². The first-order chi connectivity index (χ1) is 15.8. The number of hydrogen-bond donors (Lipinski definition) is 2. The number of H-pyrrole nitrogens is 1. The summed E-state index contributed by atoms with van der Waals surface area (Å²) in [5, 5.41) is 3.17. The normalized spacial score (nSPS) is 22.2. The molecule has 0 spiro atoms. The summed E-state index contributed by atoms with van der Waals surface area (Å²) in [4.78, 5) is 31.6. The molecule has 1 aliphatic heterocycles. The van der Waals surface area contributed by atoms with E-state index in [0.29, 0.717) is 22.7 Å². The number of aromatic nitrogens is 5. The van der Waals surface area contributed by atoms with Gasteiger partial charge in [0.05, 0.1) is 37.0 Å². The van der Waals surface area contributed by atoms with Crippen molar-refractivity contribution in [2.45, 2.75) is 37.8 Å². The number of carbonyl (C=O) groups is 1. The average molecular weight is 440 g/mol. The first kappa shape index (κ1) is 21.0. The van der Waals surface area contributed by atoms with Crippen molar-refractivity contribution >= 4 is 16.9 Å². The number of fused-ring (bicyclic) bond motifs is 1. The maximum Gasteiger partial charge on any atom is 0.272 e. The Morgan fingerprint density at radius 2 is 2.06 bits per heavy atom. The molecule has 1 amide bonds. The molecule has 3 aromatic rings. The minimum Gasteiger partial charge on any atom is -0.379 e. The summed E-state index contributed by atoms with van der Waals surface area (Å²) in [5.74, 6) is 0.245. The Balaban J connectivity index is 1.15. The maximum atomic E-state index is 13.1. The first-order valence-electron chi connectivity index (χ1n) is 11.3. The zero-order valence-electron chi connectivity index (χ0n) is 18.1. The number of imidazole rings is 1. The predicted octanol–water partition coefficient (Wildman–Crippen LogP) is 1.53. The summed E-state index contributed by atoms with van der Waals surface area (Å²) in [6, 6.07) is 1.96. The van der Waals surface area contributed by atoms with Gasteiger partial charge in [-0.1, -0.05) is 0 Å². The highest BCUT2D eigenvalue weighted by atomic mass is 16.5. The van der Waals surface area contributed by atoms with E-state index < -0.39 is 0 Å². The second-order valence-electron chi connectivity index (χ2n) is 8.35. The smallest absolute Gasteiger partial charge is 0.272 e. The highest BCUT2D eigenvalue weighted by Gasteiger charge is 2.25. The Bertz CT molecular complexity index is 1020. The third-order valence-electron chi connectivity index (χ3n) is 6.22. The third-order valence-corrected chi connectivity index (χ3v) is 6.22. The molecule has 4 heterocycles. The molecule has 5 rings (SSSR count). The molecule has 1 saturated heterocycles. The Morgan fingerprint density at radius 1 is 1.22 bits per heavy atom. The highest BCUT2D eigenvalue weighted by Crippen LogP contribution is 2.22. The topological polar surface area (TPSA) is 110 Å². The van der Waals surface area contributed by atoms with Gasteiger partial charge in [0.15, 0.2) is 5.69 Å². The van der Waals surface area contributed by atoms with Crippen LogP contribution in [0.2, 0.25) is 0 Å². The van der Waals surface area contributed by atoms with Crippen LogP contribution in [0, 0.1) is 0 Å². The summed E-state index contributed by atoms with van der Waals surface area (Å²) >= 11 is 0. The van der Waals surface area contributed by atoms with Crippen molar-refractivity contribution in [2.24, 2.45) is 0 Å². The van der Waals surface area contributed by atoms with Crippen molar-refractivity contribution in [1.29, 1.82) is 0 Å². The Morgan fingerprint density at radius 3 is 2.84 bits per heavy atom. The van der Waals surface area contributed by atoms with Crippen LogP contribution in [0.4, 0.5) is 0 Å². The van der Waals surface area contributed by atoms with Crippen LogP contribution in [0.1, 0.15) is 36.2 Å². The van der Waals surface area contributed by atoms with E-state index in [9.17, 15) is 4.79 Å². The summed E-state index contributed by atoms with van der Waals surface area (Å²) in [5.41, 5.74) is 1.70. The first-order valence-corrected chi connectivity index (χ1v) is 11.3. The number of amides is 1. The van der Waals surface area contributed by atoms with Gasteiger partial charge < -0.3 is 19.8 Å². The van der Waals surface area contributed by atoms with Gasteiger partial charge in [0.25, 0.3) is 5.91 Å². The molecule has 1 aliphatic carbocycles. The Kier molecular flexibility index (Phi) is 6.42. The third kappa shape index (κ3) is 4.82. The van der Waals surface area contributed by atoms with Crippen LogP contribution in [0.5, 0.6) is 0 Å². The van der Waals surface area contributed by atoms with Gasteiger partial charge in [-0.2, -0.15) is 0 Å². The second kappa shape index (κ2) is 9.76. The molecule has 0 aromatic carbocycles. The lowest BCUT2D eigenvalue weighted by Crippen LogP contribution is -2.41. The fourth-order valence-corrected chi connectivity index (χ4v) is 4.39. The van der Waals surface area contributed by atoms with Crippen LogP contribution in [-0.4, -0.2) is 86.9 Å². The van der Waals surface area contributed by atoms with Crippen molar-refractivity contribution in [2.75, 3.05) is 39.5 Å². The van der Waals surface area contributed by atoms with Crippen LogP contribution in [0.15, 0.2) is 31.0 Å². The van der Waals surface area contributed by atoms with Gasteiger partial charge in [-0.25, -0.2) is 15.0 Å². The van der Waals surface area contributed by atoms with Crippen LogP contribution in [0.25, 0.3) is 17.0 Å². The van der Waals surface area contributed by atoms with Crippen molar-refractivity contribution in [1.82, 2.24) is 34.7 Å². The monoisotopic (exact) mass is 439 g/mol. The molecule has 0 radical (unpaired) electrons. The lowest BCUT2D eigenvalue weighted by Gasteiger charge is -2.31. The molecule has 32 heavy (non-hydrogen) atoms. The van der Waals surface area contributed by atoms with Crippen LogP contribution >= 0.6 is 0 Å². The van der Waals surface area contributed by atoms with E-state index in [1.165, 1.54) is 0 Å². The number of aromatic amines is 1. The Labute approximate surface area is 186 Å². The molecular formula is C22H29N7O3. The van der Waals surface area contributed by atoms with Gasteiger partial charge in [-0.15, -0.1) is 0 Å². The van der Waals surface area contributed by atoms with E-state index in [-0.39, 0.29) is 18.1 Å².